The smallest absolute Gasteiger partial charge is 0.350 e. The molecule has 182 valence electrons. The van der Waals surface area contributed by atoms with Gasteiger partial charge in [0, 0.05) is 36.6 Å². The molecule has 0 spiro atoms. The third-order valence-corrected chi connectivity index (χ3v) is 6.31. The fraction of sp³-hybridized carbons (Fsp3) is 0.222. The van der Waals surface area contributed by atoms with Crippen LogP contribution in [0.3, 0.4) is 0 Å². The Kier molecular flexibility index (Phi) is 6.41. The van der Waals surface area contributed by atoms with E-state index in [1.54, 1.807) is 12.4 Å². The lowest BCUT2D eigenvalue weighted by Gasteiger charge is -2.27. The van der Waals surface area contributed by atoms with Crippen molar-refractivity contribution in [3.8, 4) is 22.5 Å². The first-order chi connectivity index (χ1) is 17.4. The molecule has 1 aliphatic rings. The van der Waals surface area contributed by atoms with Crippen molar-refractivity contribution in [3.05, 3.63) is 78.6 Å². The number of nitrogen functional groups attached to an aromatic ring is 1. The third kappa shape index (κ3) is 4.79. The Balaban J connectivity index is 1.49. The summed E-state index contributed by atoms with van der Waals surface area (Å²) in [6.45, 7) is 2.67. The number of anilines is 2. The second-order valence-corrected chi connectivity index (χ2v) is 9.04. The summed E-state index contributed by atoms with van der Waals surface area (Å²) in [4.78, 5) is 33.3. The van der Waals surface area contributed by atoms with Crippen LogP contribution in [0.15, 0.2) is 73.1 Å². The number of morpholine rings is 1. The monoisotopic (exact) mass is 482 g/mol. The van der Waals surface area contributed by atoms with Crippen LogP contribution in [-0.4, -0.2) is 66.2 Å². The van der Waals surface area contributed by atoms with Gasteiger partial charge in [0.1, 0.15) is 5.69 Å². The number of amides is 1. The zero-order valence-corrected chi connectivity index (χ0v) is 20.3. The number of ether oxygens (including phenoxy) is 1. The van der Waals surface area contributed by atoms with Crippen molar-refractivity contribution in [2.75, 3.05) is 51.0 Å². The number of nitrogens with zero attached hydrogens (tertiary/aromatic N) is 6. The van der Waals surface area contributed by atoms with E-state index in [-0.39, 0.29) is 16.3 Å². The van der Waals surface area contributed by atoms with E-state index in [2.05, 4.69) is 14.9 Å². The molecule has 1 saturated heterocycles. The number of rotatable bonds is 5. The van der Waals surface area contributed by atoms with Crippen LogP contribution < -0.4 is 15.1 Å². The molecule has 0 unspecified atom stereocenters. The maximum Gasteiger partial charge on any atom is 0.350 e. The van der Waals surface area contributed by atoms with Gasteiger partial charge in [-0.1, -0.05) is 30.3 Å². The van der Waals surface area contributed by atoms with Gasteiger partial charge < -0.3 is 15.4 Å². The molecule has 0 radical (unpaired) electrons. The van der Waals surface area contributed by atoms with Crippen molar-refractivity contribution in [1.82, 2.24) is 24.4 Å². The minimum atomic E-state index is 0.00385. The molecule has 2 N–H and O–H groups in total. The van der Waals surface area contributed by atoms with Crippen LogP contribution in [0, 0.1) is 0 Å². The maximum atomic E-state index is 13.3. The molecule has 2 aromatic carbocycles. The lowest BCUT2D eigenvalue weighted by Crippen LogP contribution is -2.46. The van der Waals surface area contributed by atoms with Gasteiger partial charge in [-0.05, 0) is 30.3 Å². The Morgan fingerprint density at radius 3 is 2.14 bits per heavy atom. The Morgan fingerprint density at radius 2 is 1.50 bits per heavy atom. The Labute approximate surface area is 209 Å². The van der Waals surface area contributed by atoms with Crippen LogP contribution in [0.25, 0.3) is 22.5 Å². The minimum Gasteiger partial charge on any atom is -0.378 e. The number of carbonyl (C=O) groups excluding carboxylic acids is 1. The lowest BCUT2D eigenvalue weighted by molar-refractivity contribution is 0.0831. The quantitative estimate of drug-likeness (QED) is 0.431. The zero-order valence-electron chi connectivity index (χ0n) is 20.3. The van der Waals surface area contributed by atoms with Gasteiger partial charge in [-0.3, -0.25) is 0 Å². The molecule has 0 bridgehead atoms. The molecular formula is C27H28N7O2+. The first-order valence-electron chi connectivity index (χ1n) is 11.8. The highest BCUT2D eigenvalue weighted by Gasteiger charge is 2.30. The van der Waals surface area contributed by atoms with Crippen LogP contribution in [-0.2, 0) is 4.74 Å². The molecule has 3 heterocycles. The summed E-state index contributed by atoms with van der Waals surface area (Å²) < 4.78 is 5.62. The van der Waals surface area contributed by atoms with E-state index in [1.807, 2.05) is 74.8 Å². The highest BCUT2D eigenvalue weighted by molar-refractivity contribution is 6.02. The van der Waals surface area contributed by atoms with Gasteiger partial charge in [0.2, 0.25) is 11.9 Å². The molecule has 2 aromatic heterocycles. The Morgan fingerprint density at radius 1 is 0.889 bits per heavy atom. The Hall–Kier alpha value is -4.21. The number of hydrogen-bond donors (Lipinski definition) is 1. The molecule has 36 heavy (non-hydrogen) atoms. The van der Waals surface area contributed by atoms with Crippen molar-refractivity contribution >= 4 is 23.5 Å². The average Bonchev–Trinajstić information content (AvgIpc) is 2.94. The molecule has 1 amide bonds. The number of hydrogen-bond acceptors (Lipinski definition) is 8. The van der Waals surface area contributed by atoms with Gasteiger partial charge in [-0.25, -0.2) is 29.2 Å². The molecule has 5 rings (SSSR count). The SMILES string of the molecule is C[N+](C)(C(=O)c1ccc(-c2cc(-c3cnc(N)nc3)nc(N3CCOCC3)n2)cc1)c1ccccc1. The van der Waals surface area contributed by atoms with Crippen molar-refractivity contribution in [1.29, 1.82) is 0 Å². The Bertz CT molecular complexity index is 1350. The molecule has 0 atom stereocenters. The topological polar surface area (TPSA) is 107 Å². The molecule has 9 heteroatoms. The summed E-state index contributed by atoms with van der Waals surface area (Å²) in [6.07, 6.45) is 3.31. The molecule has 1 fully saturated rings. The van der Waals surface area contributed by atoms with Crippen molar-refractivity contribution in [2.24, 2.45) is 0 Å². The van der Waals surface area contributed by atoms with Crippen molar-refractivity contribution in [2.45, 2.75) is 0 Å². The fourth-order valence-electron chi connectivity index (χ4n) is 4.13. The van der Waals surface area contributed by atoms with Gasteiger partial charge in [-0.15, -0.1) is 0 Å². The first-order valence-corrected chi connectivity index (χ1v) is 11.8. The van der Waals surface area contributed by atoms with Crippen LogP contribution in [0.2, 0.25) is 0 Å². The molecule has 0 aliphatic carbocycles. The van der Waals surface area contributed by atoms with Crippen LogP contribution in [0.4, 0.5) is 17.6 Å². The first kappa shape index (κ1) is 23.5. The molecule has 4 aromatic rings. The summed E-state index contributed by atoms with van der Waals surface area (Å²) >= 11 is 0. The van der Waals surface area contributed by atoms with E-state index in [4.69, 9.17) is 20.4 Å². The number of aromatic nitrogens is 4. The second kappa shape index (κ2) is 9.80. The van der Waals surface area contributed by atoms with Gasteiger partial charge in [0.05, 0.1) is 44.3 Å². The predicted molar refractivity (Wildman–Crippen MR) is 140 cm³/mol. The summed E-state index contributed by atoms with van der Waals surface area (Å²) in [6, 6.07) is 19.2. The van der Waals surface area contributed by atoms with Gasteiger partial charge in [0.25, 0.3) is 0 Å². The number of para-hydroxylation sites is 1. The highest BCUT2D eigenvalue weighted by atomic mass is 16.5. The maximum absolute atomic E-state index is 13.3. The molecule has 0 saturated carbocycles. The summed E-state index contributed by atoms with van der Waals surface area (Å²) in [5.41, 5.74) is 10.3. The van der Waals surface area contributed by atoms with Gasteiger partial charge in [0.15, 0.2) is 0 Å². The third-order valence-electron chi connectivity index (χ3n) is 6.31. The fourth-order valence-corrected chi connectivity index (χ4v) is 4.13. The molecule has 9 nitrogen and oxygen atoms in total. The van der Waals surface area contributed by atoms with Crippen molar-refractivity contribution < 1.29 is 9.53 Å². The largest absolute Gasteiger partial charge is 0.378 e. The van der Waals surface area contributed by atoms with E-state index in [0.717, 1.165) is 22.5 Å². The summed E-state index contributed by atoms with van der Waals surface area (Å²) in [7, 11) is 3.79. The van der Waals surface area contributed by atoms with E-state index in [0.29, 0.717) is 43.5 Å². The second-order valence-electron chi connectivity index (χ2n) is 9.04. The molecule has 1 aliphatic heterocycles. The minimum absolute atomic E-state index is 0.00385. The normalized spacial score (nSPS) is 14.0. The molecular weight excluding hydrogens is 454 g/mol. The number of carbonyl (C=O) groups is 1. The van der Waals surface area contributed by atoms with E-state index in [9.17, 15) is 4.79 Å². The standard InChI is InChI=1S/C27H28N7O2/c1-34(2,22-6-4-3-5-7-22)25(35)20-10-8-19(9-11-20)23-16-24(21-17-29-26(28)30-18-21)32-27(31-23)33-12-14-36-15-13-33/h3-11,16-18H,12-15H2,1-2H3,(H2,28,29,30)/q+1. The summed E-state index contributed by atoms with van der Waals surface area (Å²) in [5.74, 6) is 0.826. The van der Waals surface area contributed by atoms with E-state index >= 15 is 0 Å². The van der Waals surface area contributed by atoms with Gasteiger partial charge >= 0.3 is 5.91 Å². The number of nitrogens with two attached hydrogens (primary N) is 1. The van der Waals surface area contributed by atoms with Gasteiger partial charge in [-0.2, -0.15) is 0 Å². The predicted octanol–water partition coefficient (Wildman–Crippen LogP) is 3.43. The van der Waals surface area contributed by atoms with E-state index < -0.39 is 0 Å². The van der Waals surface area contributed by atoms with Crippen LogP contribution in [0.1, 0.15) is 10.4 Å². The number of benzene rings is 2. The zero-order chi connectivity index (χ0) is 25.1. The van der Waals surface area contributed by atoms with Crippen molar-refractivity contribution in [3.63, 3.8) is 0 Å². The average molecular weight is 483 g/mol. The highest BCUT2D eigenvalue weighted by Crippen LogP contribution is 2.28. The lowest BCUT2D eigenvalue weighted by atomic mass is 10.1. The summed E-state index contributed by atoms with van der Waals surface area (Å²) in [5, 5.41) is 0. The van der Waals surface area contributed by atoms with Crippen LogP contribution >= 0.6 is 0 Å². The number of quaternary nitrogens is 1. The van der Waals surface area contributed by atoms with Crippen LogP contribution in [0.5, 0.6) is 0 Å². The van der Waals surface area contributed by atoms with E-state index in [1.165, 1.54) is 0 Å².